The number of nitrogens with zero attached hydrogens (tertiary/aromatic N) is 5. The first-order valence-corrected chi connectivity index (χ1v) is 14.5. The monoisotopic (exact) mass is 572 g/mol. The second kappa shape index (κ2) is 11.8. The number of hydrogen-bond acceptors (Lipinski definition) is 8. The fourth-order valence-corrected chi connectivity index (χ4v) is 5.48. The lowest BCUT2D eigenvalue weighted by molar-refractivity contribution is -0.120. The van der Waals surface area contributed by atoms with Crippen LogP contribution in [0.1, 0.15) is 73.0 Å². The quantitative estimate of drug-likeness (QED) is 0.186. The molecule has 0 bridgehead atoms. The van der Waals surface area contributed by atoms with E-state index < -0.39 is 5.91 Å². The Labute approximate surface area is 243 Å². The number of nitrogens with one attached hydrogen (secondary N) is 2. The van der Waals surface area contributed by atoms with E-state index in [1.165, 1.54) is 18.4 Å². The summed E-state index contributed by atoms with van der Waals surface area (Å²) in [7, 11) is 0. The topological polar surface area (TPSA) is 140 Å². The number of aromatic nitrogens is 5. The van der Waals surface area contributed by atoms with Crippen LogP contribution in [-0.2, 0) is 22.6 Å². The first-order chi connectivity index (χ1) is 19.9. The third-order valence-corrected chi connectivity index (χ3v) is 7.97. The summed E-state index contributed by atoms with van der Waals surface area (Å²) in [5.74, 6) is 1.47. The molecule has 1 amide bonds. The van der Waals surface area contributed by atoms with Crippen LogP contribution < -0.4 is 16.4 Å². The van der Waals surface area contributed by atoms with Gasteiger partial charge in [-0.2, -0.15) is 0 Å². The summed E-state index contributed by atoms with van der Waals surface area (Å²) in [4.78, 5) is 41.9. The number of nitrogens with two attached hydrogens (primary N) is 1. The molecule has 2 fully saturated rings. The summed E-state index contributed by atoms with van der Waals surface area (Å²) >= 11 is 6.07. The van der Waals surface area contributed by atoms with Crippen molar-refractivity contribution < 1.29 is 9.59 Å². The fraction of sp³-hybridized carbons (Fsp3) is 0.400. The SMILES string of the molecule is NC(=O)CNc1cc(C2CC2)cn2cc(CNc3cc(CCCCC(=O)[C@H]4C[C@@H]4c4cc(Cl)ccn4)ncn3)nc12. The molecule has 2 aliphatic rings. The van der Waals surface area contributed by atoms with Crippen molar-refractivity contribution in [3.8, 4) is 0 Å². The van der Waals surface area contributed by atoms with Gasteiger partial charge in [-0.1, -0.05) is 11.6 Å². The number of carbonyl (C=O) groups is 2. The van der Waals surface area contributed by atoms with Crippen molar-refractivity contribution in [2.45, 2.75) is 63.3 Å². The summed E-state index contributed by atoms with van der Waals surface area (Å²) in [6.45, 7) is 0.550. The summed E-state index contributed by atoms with van der Waals surface area (Å²) in [5.41, 5.74) is 10.9. The van der Waals surface area contributed by atoms with Crippen LogP contribution in [0, 0.1) is 5.92 Å². The maximum absolute atomic E-state index is 12.6. The van der Waals surface area contributed by atoms with Crippen LogP contribution in [0.3, 0.4) is 0 Å². The maximum Gasteiger partial charge on any atom is 0.236 e. The van der Waals surface area contributed by atoms with Crippen molar-refractivity contribution in [2.24, 2.45) is 11.7 Å². The van der Waals surface area contributed by atoms with Gasteiger partial charge in [0, 0.05) is 59.3 Å². The van der Waals surface area contributed by atoms with E-state index in [-0.39, 0.29) is 18.4 Å². The average molecular weight is 573 g/mol. The van der Waals surface area contributed by atoms with Crippen molar-refractivity contribution in [3.63, 3.8) is 0 Å². The molecule has 4 heterocycles. The zero-order valence-corrected chi connectivity index (χ0v) is 23.5. The normalized spacial score (nSPS) is 17.9. The number of hydrogen-bond donors (Lipinski definition) is 3. The number of carbonyl (C=O) groups excluding carboxylic acids is 2. The Kier molecular flexibility index (Phi) is 7.82. The van der Waals surface area contributed by atoms with Crippen molar-refractivity contribution in [1.29, 1.82) is 0 Å². The number of anilines is 2. The Morgan fingerprint density at radius 1 is 1.05 bits per heavy atom. The predicted molar refractivity (Wildman–Crippen MR) is 157 cm³/mol. The van der Waals surface area contributed by atoms with Crippen LogP contribution in [-0.4, -0.2) is 42.6 Å². The number of unbranched alkanes of at least 4 members (excludes halogenated alkanes) is 1. The summed E-state index contributed by atoms with van der Waals surface area (Å²) in [6, 6.07) is 7.64. The van der Waals surface area contributed by atoms with Gasteiger partial charge < -0.3 is 20.8 Å². The van der Waals surface area contributed by atoms with Gasteiger partial charge >= 0.3 is 0 Å². The first kappa shape index (κ1) is 27.1. The third kappa shape index (κ3) is 6.82. The summed E-state index contributed by atoms with van der Waals surface area (Å²) < 4.78 is 2.01. The maximum atomic E-state index is 12.6. The zero-order valence-electron chi connectivity index (χ0n) is 22.7. The Hall–Kier alpha value is -4.05. The Morgan fingerprint density at radius 3 is 2.73 bits per heavy atom. The number of pyridine rings is 2. The van der Waals surface area contributed by atoms with E-state index in [4.69, 9.17) is 22.3 Å². The smallest absolute Gasteiger partial charge is 0.236 e. The summed E-state index contributed by atoms with van der Waals surface area (Å²) in [6.07, 6.45) is 13.7. The number of rotatable bonds is 14. The van der Waals surface area contributed by atoms with Crippen LogP contribution in [0.2, 0.25) is 5.02 Å². The molecule has 4 N–H and O–H groups in total. The number of fused-ring (bicyclic) bond motifs is 1. The van der Waals surface area contributed by atoms with E-state index in [1.54, 1.807) is 18.6 Å². The minimum Gasteiger partial charge on any atom is -0.373 e. The van der Waals surface area contributed by atoms with Gasteiger partial charge in [-0.15, -0.1) is 0 Å². The molecule has 2 aliphatic carbocycles. The third-order valence-electron chi connectivity index (χ3n) is 7.73. The number of primary amides is 1. The van der Waals surface area contributed by atoms with Gasteiger partial charge in [0.15, 0.2) is 5.65 Å². The molecule has 0 saturated heterocycles. The Balaban J connectivity index is 0.997. The van der Waals surface area contributed by atoms with Gasteiger partial charge in [-0.25, -0.2) is 15.0 Å². The molecule has 4 aromatic heterocycles. The van der Waals surface area contributed by atoms with Crippen molar-refractivity contribution >= 4 is 40.4 Å². The van der Waals surface area contributed by atoms with Crippen molar-refractivity contribution in [2.75, 3.05) is 17.2 Å². The molecule has 0 radical (unpaired) electrons. The summed E-state index contributed by atoms with van der Waals surface area (Å²) in [5, 5.41) is 7.14. The average Bonchev–Trinajstić information content (AvgIpc) is 3.89. The van der Waals surface area contributed by atoms with E-state index in [2.05, 4.69) is 37.8 Å². The van der Waals surface area contributed by atoms with Gasteiger partial charge in [-0.3, -0.25) is 14.6 Å². The number of ketones is 1. The molecule has 2 saturated carbocycles. The lowest BCUT2D eigenvalue weighted by Gasteiger charge is -2.08. The van der Waals surface area contributed by atoms with E-state index in [1.807, 2.05) is 22.7 Å². The molecule has 6 rings (SSSR count). The minimum absolute atomic E-state index is 0.0592. The van der Waals surface area contributed by atoms with E-state index in [9.17, 15) is 9.59 Å². The predicted octanol–water partition coefficient (Wildman–Crippen LogP) is 4.65. The number of aryl methyl sites for hydroxylation is 1. The molecule has 0 aromatic carbocycles. The van der Waals surface area contributed by atoms with Gasteiger partial charge in [-0.05, 0) is 68.2 Å². The standard InChI is InChI=1S/C30H33ClN8O2/c31-20-7-8-33-25(10-20)23-12-24(23)27(40)4-2-1-3-21-11-29(37-17-36-21)35-13-22-16-39-15-19(18-5-6-18)9-26(30(39)38-22)34-14-28(32)41/h7-11,15-18,23-24,34H,1-6,12-14H2,(H2,32,41)(H,35,36,37)/t23-,24-/m0/s1. The van der Waals surface area contributed by atoms with E-state index in [0.717, 1.165) is 59.9 Å². The second-order valence-corrected chi connectivity index (χ2v) is 11.4. The van der Waals surface area contributed by atoms with Gasteiger partial charge in [0.25, 0.3) is 0 Å². The highest BCUT2D eigenvalue weighted by Gasteiger charge is 2.44. The molecule has 4 aromatic rings. The van der Waals surface area contributed by atoms with Crippen LogP contribution in [0.5, 0.6) is 0 Å². The van der Waals surface area contributed by atoms with Crippen LogP contribution in [0.25, 0.3) is 5.65 Å². The molecule has 212 valence electrons. The molecular weight excluding hydrogens is 540 g/mol. The Bertz CT molecular complexity index is 1580. The zero-order chi connectivity index (χ0) is 28.3. The second-order valence-electron chi connectivity index (χ2n) is 11.0. The molecule has 10 nitrogen and oxygen atoms in total. The highest BCUT2D eigenvalue weighted by molar-refractivity contribution is 6.30. The lowest BCUT2D eigenvalue weighted by atomic mass is 10.1. The first-order valence-electron chi connectivity index (χ1n) is 14.2. The van der Waals surface area contributed by atoms with Gasteiger partial charge in [0.1, 0.15) is 17.9 Å². The number of Topliss-reactive ketones (excluding diaryl/α,β-unsaturated/α-hetero) is 1. The van der Waals surface area contributed by atoms with Crippen molar-refractivity contribution in [1.82, 2.24) is 24.3 Å². The molecule has 41 heavy (non-hydrogen) atoms. The largest absolute Gasteiger partial charge is 0.373 e. The van der Waals surface area contributed by atoms with Crippen LogP contribution in [0.15, 0.2) is 49.2 Å². The molecular formula is C30H33ClN8O2. The minimum atomic E-state index is -0.414. The number of imidazole rings is 1. The van der Waals surface area contributed by atoms with Gasteiger partial charge in [0.2, 0.25) is 5.91 Å². The van der Waals surface area contributed by atoms with Crippen LogP contribution in [0.4, 0.5) is 11.5 Å². The molecule has 0 aliphatic heterocycles. The number of amides is 1. The molecule has 2 atom stereocenters. The van der Waals surface area contributed by atoms with E-state index >= 15 is 0 Å². The molecule has 0 unspecified atom stereocenters. The number of halogens is 1. The van der Waals surface area contributed by atoms with Crippen molar-refractivity contribution in [3.05, 3.63) is 76.9 Å². The Morgan fingerprint density at radius 2 is 1.93 bits per heavy atom. The molecule has 0 spiro atoms. The highest BCUT2D eigenvalue weighted by atomic mass is 35.5. The van der Waals surface area contributed by atoms with Gasteiger partial charge in [0.05, 0.1) is 24.5 Å². The lowest BCUT2D eigenvalue weighted by Crippen LogP contribution is -2.22. The van der Waals surface area contributed by atoms with Crippen LogP contribution >= 0.6 is 11.6 Å². The fourth-order valence-electron chi connectivity index (χ4n) is 5.31. The van der Waals surface area contributed by atoms with E-state index in [0.29, 0.717) is 29.7 Å². The molecule has 11 heteroatoms. The highest BCUT2D eigenvalue weighted by Crippen LogP contribution is 2.48.